The molecule has 0 aromatic carbocycles. The third-order valence-corrected chi connectivity index (χ3v) is 3.88. The van der Waals surface area contributed by atoms with Crippen LogP contribution in [0.2, 0.25) is 0 Å². The van der Waals surface area contributed by atoms with Gasteiger partial charge in [0, 0.05) is 30.4 Å². The van der Waals surface area contributed by atoms with Crippen LogP contribution >= 0.6 is 0 Å². The van der Waals surface area contributed by atoms with Crippen molar-refractivity contribution >= 4 is 5.82 Å². The molecular formula is C16H21N5. The van der Waals surface area contributed by atoms with Gasteiger partial charge in [0.15, 0.2) is 5.82 Å². The first kappa shape index (κ1) is 13.9. The largest absolute Gasteiger partial charge is 0.370 e. The smallest absolute Gasteiger partial charge is 0.180 e. The van der Waals surface area contributed by atoms with Crippen molar-refractivity contribution in [2.45, 2.75) is 45.4 Å². The van der Waals surface area contributed by atoms with E-state index in [4.69, 9.17) is 4.98 Å². The summed E-state index contributed by atoms with van der Waals surface area (Å²) in [6, 6.07) is 3.97. The summed E-state index contributed by atoms with van der Waals surface area (Å²) < 4.78 is 0. The van der Waals surface area contributed by atoms with Crippen LogP contribution in [0.25, 0.3) is 11.5 Å². The van der Waals surface area contributed by atoms with E-state index in [1.54, 1.807) is 6.20 Å². The molecule has 1 fully saturated rings. The van der Waals surface area contributed by atoms with Crippen molar-refractivity contribution in [3.8, 4) is 11.5 Å². The fourth-order valence-corrected chi connectivity index (χ4v) is 2.86. The Hall–Kier alpha value is -2.04. The zero-order valence-electron chi connectivity index (χ0n) is 12.6. The van der Waals surface area contributed by atoms with E-state index >= 15 is 0 Å². The van der Waals surface area contributed by atoms with Crippen molar-refractivity contribution in [1.82, 2.24) is 19.9 Å². The molecule has 0 atom stereocenters. The zero-order chi connectivity index (χ0) is 14.7. The van der Waals surface area contributed by atoms with Gasteiger partial charge in [-0.2, -0.15) is 0 Å². The second kappa shape index (κ2) is 6.16. The zero-order valence-corrected chi connectivity index (χ0v) is 12.6. The summed E-state index contributed by atoms with van der Waals surface area (Å²) in [5.74, 6) is 2.89. The van der Waals surface area contributed by atoms with Crippen LogP contribution in [-0.4, -0.2) is 26.5 Å². The summed E-state index contributed by atoms with van der Waals surface area (Å²) in [6.45, 7) is 4.81. The molecule has 110 valence electrons. The van der Waals surface area contributed by atoms with Crippen LogP contribution < -0.4 is 5.32 Å². The molecule has 0 spiro atoms. The van der Waals surface area contributed by atoms with Gasteiger partial charge in [0.2, 0.25) is 0 Å². The third kappa shape index (κ3) is 3.17. The maximum absolute atomic E-state index is 4.77. The Labute approximate surface area is 125 Å². The lowest BCUT2D eigenvalue weighted by atomic mass is 10.0. The van der Waals surface area contributed by atoms with Gasteiger partial charge in [-0.15, -0.1) is 0 Å². The van der Waals surface area contributed by atoms with E-state index in [-0.39, 0.29) is 0 Å². The van der Waals surface area contributed by atoms with Gasteiger partial charge in [-0.1, -0.05) is 12.8 Å². The highest BCUT2D eigenvalue weighted by Crippen LogP contribution is 2.34. The molecular weight excluding hydrogens is 262 g/mol. The van der Waals surface area contributed by atoms with Gasteiger partial charge < -0.3 is 5.32 Å². The summed E-state index contributed by atoms with van der Waals surface area (Å²) >= 11 is 0. The van der Waals surface area contributed by atoms with Crippen molar-refractivity contribution in [3.05, 3.63) is 29.8 Å². The fourth-order valence-electron chi connectivity index (χ4n) is 2.86. The van der Waals surface area contributed by atoms with Gasteiger partial charge >= 0.3 is 0 Å². The number of hydrogen-bond donors (Lipinski definition) is 1. The van der Waals surface area contributed by atoms with E-state index in [0.717, 1.165) is 29.6 Å². The first-order chi connectivity index (χ1) is 10.3. The molecule has 1 aliphatic rings. The second-order valence-electron chi connectivity index (χ2n) is 5.50. The molecule has 5 nitrogen and oxygen atoms in total. The van der Waals surface area contributed by atoms with Gasteiger partial charge in [-0.3, -0.25) is 0 Å². The topological polar surface area (TPSA) is 63.6 Å². The van der Waals surface area contributed by atoms with E-state index < -0.39 is 0 Å². The number of nitrogens with one attached hydrogen (secondary N) is 1. The minimum atomic E-state index is 0.562. The van der Waals surface area contributed by atoms with Crippen LogP contribution in [0.4, 0.5) is 5.82 Å². The van der Waals surface area contributed by atoms with E-state index in [2.05, 4.69) is 33.3 Å². The summed E-state index contributed by atoms with van der Waals surface area (Å²) in [4.78, 5) is 18.0. The lowest BCUT2D eigenvalue weighted by Crippen LogP contribution is -2.07. The fraction of sp³-hybridized carbons (Fsp3) is 0.500. The molecule has 1 saturated carbocycles. The molecule has 2 aromatic heterocycles. The van der Waals surface area contributed by atoms with Crippen LogP contribution in [0.15, 0.2) is 18.3 Å². The van der Waals surface area contributed by atoms with Gasteiger partial charge in [-0.05, 0) is 32.8 Å². The quantitative estimate of drug-likeness (QED) is 0.932. The summed E-state index contributed by atoms with van der Waals surface area (Å²) in [7, 11) is 0. The predicted molar refractivity (Wildman–Crippen MR) is 83.2 cm³/mol. The molecule has 2 aromatic rings. The SMILES string of the molecule is CCNc1cc(C2CCCC2)nc(-c2ccnc(C)n2)n1. The molecule has 0 amide bonds. The molecule has 21 heavy (non-hydrogen) atoms. The highest BCUT2D eigenvalue weighted by atomic mass is 15.0. The van der Waals surface area contributed by atoms with Gasteiger partial charge in [-0.25, -0.2) is 19.9 Å². The Balaban J connectivity index is 2.02. The highest BCUT2D eigenvalue weighted by molar-refractivity contribution is 5.53. The monoisotopic (exact) mass is 283 g/mol. The van der Waals surface area contributed by atoms with E-state index in [1.165, 1.54) is 25.7 Å². The van der Waals surface area contributed by atoms with Crippen LogP contribution in [0.1, 0.15) is 50.0 Å². The summed E-state index contributed by atoms with van der Waals surface area (Å²) in [5.41, 5.74) is 1.94. The molecule has 3 rings (SSSR count). The van der Waals surface area contributed by atoms with Crippen molar-refractivity contribution < 1.29 is 0 Å². The lowest BCUT2D eigenvalue weighted by molar-refractivity contribution is 0.695. The minimum Gasteiger partial charge on any atom is -0.370 e. The van der Waals surface area contributed by atoms with Crippen molar-refractivity contribution in [3.63, 3.8) is 0 Å². The number of hydrogen-bond acceptors (Lipinski definition) is 5. The van der Waals surface area contributed by atoms with Gasteiger partial charge in [0.1, 0.15) is 17.3 Å². The normalized spacial score (nSPS) is 15.3. The second-order valence-corrected chi connectivity index (χ2v) is 5.50. The molecule has 0 bridgehead atoms. The maximum atomic E-state index is 4.77. The molecule has 5 heteroatoms. The molecule has 2 heterocycles. The first-order valence-electron chi connectivity index (χ1n) is 7.69. The third-order valence-electron chi connectivity index (χ3n) is 3.88. The van der Waals surface area contributed by atoms with Crippen LogP contribution in [0, 0.1) is 6.92 Å². The summed E-state index contributed by atoms with van der Waals surface area (Å²) in [5, 5.41) is 3.30. The number of rotatable bonds is 4. The minimum absolute atomic E-state index is 0.562. The Morgan fingerprint density at radius 1 is 1.19 bits per heavy atom. The number of anilines is 1. The van der Waals surface area contributed by atoms with Crippen molar-refractivity contribution in [2.75, 3.05) is 11.9 Å². The molecule has 1 aliphatic carbocycles. The van der Waals surface area contributed by atoms with E-state index in [0.29, 0.717) is 11.7 Å². The van der Waals surface area contributed by atoms with Crippen LogP contribution in [0.3, 0.4) is 0 Å². The number of aryl methyl sites for hydroxylation is 1. The number of nitrogens with zero attached hydrogens (tertiary/aromatic N) is 4. The average molecular weight is 283 g/mol. The van der Waals surface area contributed by atoms with Crippen molar-refractivity contribution in [2.24, 2.45) is 0 Å². The average Bonchev–Trinajstić information content (AvgIpc) is 3.01. The van der Waals surface area contributed by atoms with Crippen LogP contribution in [-0.2, 0) is 0 Å². The Morgan fingerprint density at radius 3 is 2.71 bits per heavy atom. The molecule has 0 aliphatic heterocycles. The maximum Gasteiger partial charge on any atom is 0.180 e. The van der Waals surface area contributed by atoms with E-state index in [1.807, 2.05) is 13.0 Å². The highest BCUT2D eigenvalue weighted by Gasteiger charge is 2.20. The van der Waals surface area contributed by atoms with Gasteiger partial charge in [0.25, 0.3) is 0 Å². The van der Waals surface area contributed by atoms with E-state index in [9.17, 15) is 0 Å². The molecule has 0 unspecified atom stereocenters. The lowest BCUT2D eigenvalue weighted by Gasteiger charge is -2.13. The number of aromatic nitrogens is 4. The standard InChI is InChI=1S/C16H21N5/c1-3-17-15-10-14(12-6-4-5-7-12)20-16(21-15)13-8-9-18-11(2)19-13/h8-10,12H,3-7H2,1-2H3,(H,17,20,21). The predicted octanol–water partition coefficient (Wildman–Crippen LogP) is 3.33. The molecule has 0 radical (unpaired) electrons. The molecule has 1 N–H and O–H groups in total. The Kier molecular flexibility index (Phi) is 4.08. The Morgan fingerprint density at radius 2 is 2.00 bits per heavy atom. The molecule has 0 saturated heterocycles. The van der Waals surface area contributed by atoms with Crippen LogP contribution in [0.5, 0.6) is 0 Å². The first-order valence-corrected chi connectivity index (χ1v) is 7.69. The summed E-state index contributed by atoms with van der Waals surface area (Å²) in [6.07, 6.45) is 6.81. The Bertz CT molecular complexity index is 620. The van der Waals surface area contributed by atoms with Gasteiger partial charge in [0.05, 0.1) is 0 Å². The van der Waals surface area contributed by atoms with Crippen molar-refractivity contribution in [1.29, 1.82) is 0 Å².